The van der Waals surface area contributed by atoms with Crippen molar-refractivity contribution in [2.45, 2.75) is 44.9 Å². The summed E-state index contributed by atoms with van der Waals surface area (Å²) in [5.74, 6) is -0.156. The Morgan fingerprint density at radius 2 is 2.16 bits per heavy atom. The van der Waals surface area contributed by atoms with Crippen molar-refractivity contribution in [2.75, 3.05) is 26.4 Å². The van der Waals surface area contributed by atoms with Gasteiger partial charge in [0.2, 0.25) is 11.8 Å². The van der Waals surface area contributed by atoms with Crippen LogP contribution < -0.4 is 5.32 Å². The lowest BCUT2D eigenvalue weighted by molar-refractivity contribution is -0.159. The third kappa shape index (κ3) is 2.74. The van der Waals surface area contributed by atoms with Crippen LogP contribution in [-0.4, -0.2) is 60.8 Å². The Kier molecular flexibility index (Phi) is 4.10. The van der Waals surface area contributed by atoms with E-state index in [-0.39, 0.29) is 17.9 Å². The van der Waals surface area contributed by atoms with Crippen molar-refractivity contribution in [3.8, 4) is 0 Å². The zero-order chi connectivity index (χ0) is 14.0. The van der Waals surface area contributed by atoms with Crippen molar-refractivity contribution in [2.24, 2.45) is 0 Å². The second-order valence-corrected chi connectivity index (χ2v) is 5.38. The Bertz CT molecular complexity index is 368. The van der Waals surface area contributed by atoms with Crippen LogP contribution in [0.15, 0.2) is 0 Å². The molecule has 0 saturated carbocycles. The lowest BCUT2D eigenvalue weighted by Gasteiger charge is -2.44. The van der Waals surface area contributed by atoms with Gasteiger partial charge in [0, 0.05) is 0 Å². The molecule has 3 atom stereocenters. The quantitative estimate of drug-likeness (QED) is 0.779. The third-order valence-corrected chi connectivity index (χ3v) is 3.97. The molecule has 0 aromatic heterocycles. The first-order valence-corrected chi connectivity index (χ1v) is 6.80. The van der Waals surface area contributed by atoms with E-state index in [0.717, 1.165) is 0 Å². The summed E-state index contributed by atoms with van der Waals surface area (Å²) in [4.78, 5) is 26.1. The number of piperazine rings is 1. The van der Waals surface area contributed by atoms with Gasteiger partial charge in [-0.25, -0.2) is 0 Å². The van der Waals surface area contributed by atoms with Crippen LogP contribution in [0.4, 0.5) is 0 Å². The molecule has 3 unspecified atom stereocenters. The lowest BCUT2D eigenvalue weighted by atomic mass is 9.92. The SMILES string of the molecule is CCC1(C)NC(=O)C(C)N(CC2COCCO2)C1=O. The van der Waals surface area contributed by atoms with E-state index < -0.39 is 11.6 Å². The van der Waals surface area contributed by atoms with E-state index in [0.29, 0.717) is 32.8 Å². The summed E-state index contributed by atoms with van der Waals surface area (Å²) in [5.41, 5.74) is -0.806. The Morgan fingerprint density at radius 1 is 1.42 bits per heavy atom. The van der Waals surface area contributed by atoms with E-state index in [9.17, 15) is 9.59 Å². The molecule has 2 rings (SSSR count). The molecular weight excluding hydrogens is 248 g/mol. The zero-order valence-electron chi connectivity index (χ0n) is 11.8. The lowest BCUT2D eigenvalue weighted by Crippen LogP contribution is -2.69. The van der Waals surface area contributed by atoms with Gasteiger partial charge in [-0.05, 0) is 20.3 Å². The number of hydrogen-bond acceptors (Lipinski definition) is 4. The predicted molar refractivity (Wildman–Crippen MR) is 68.6 cm³/mol. The van der Waals surface area contributed by atoms with E-state index in [1.165, 1.54) is 0 Å². The van der Waals surface area contributed by atoms with Gasteiger partial charge in [0.15, 0.2) is 0 Å². The number of ether oxygens (including phenoxy) is 2. The van der Waals surface area contributed by atoms with Crippen molar-refractivity contribution < 1.29 is 19.1 Å². The van der Waals surface area contributed by atoms with Crippen LogP contribution in [0.25, 0.3) is 0 Å². The minimum atomic E-state index is -0.806. The normalized spacial score (nSPS) is 36.3. The molecule has 0 aliphatic carbocycles. The Balaban J connectivity index is 2.11. The molecule has 2 saturated heterocycles. The molecule has 0 bridgehead atoms. The van der Waals surface area contributed by atoms with Crippen LogP contribution in [0.2, 0.25) is 0 Å². The van der Waals surface area contributed by atoms with Gasteiger partial charge in [0.1, 0.15) is 11.6 Å². The standard InChI is InChI=1S/C13H22N2O4/c1-4-13(3)12(17)15(9(2)11(16)14-13)7-10-8-18-5-6-19-10/h9-10H,4-8H2,1-3H3,(H,14,16). The average Bonchev–Trinajstić information content (AvgIpc) is 2.42. The monoisotopic (exact) mass is 270 g/mol. The molecule has 2 aliphatic heterocycles. The van der Waals surface area contributed by atoms with E-state index in [1.807, 2.05) is 6.92 Å². The molecule has 1 N–H and O–H groups in total. The summed E-state index contributed by atoms with van der Waals surface area (Å²) in [7, 11) is 0. The molecule has 6 heteroatoms. The minimum Gasteiger partial charge on any atom is -0.376 e. The predicted octanol–water partition coefficient (Wildman–Crippen LogP) is -0.0826. The van der Waals surface area contributed by atoms with Crippen molar-refractivity contribution >= 4 is 11.8 Å². The van der Waals surface area contributed by atoms with Crippen LogP contribution in [0, 0.1) is 0 Å². The number of rotatable bonds is 3. The molecular formula is C13H22N2O4. The van der Waals surface area contributed by atoms with Gasteiger partial charge in [-0.15, -0.1) is 0 Å². The molecule has 0 aromatic rings. The zero-order valence-corrected chi connectivity index (χ0v) is 11.8. The van der Waals surface area contributed by atoms with E-state index in [4.69, 9.17) is 9.47 Å². The van der Waals surface area contributed by atoms with E-state index >= 15 is 0 Å². The first-order valence-electron chi connectivity index (χ1n) is 6.80. The second kappa shape index (κ2) is 5.46. The van der Waals surface area contributed by atoms with Gasteiger partial charge in [-0.3, -0.25) is 9.59 Å². The molecule has 0 spiro atoms. The molecule has 2 aliphatic rings. The largest absolute Gasteiger partial charge is 0.376 e. The average molecular weight is 270 g/mol. The molecule has 6 nitrogen and oxygen atoms in total. The summed E-state index contributed by atoms with van der Waals surface area (Å²) in [6.45, 7) is 7.42. The van der Waals surface area contributed by atoms with Gasteiger partial charge < -0.3 is 19.7 Å². The van der Waals surface area contributed by atoms with E-state index in [2.05, 4.69) is 5.32 Å². The molecule has 0 aromatic carbocycles. The number of nitrogens with zero attached hydrogens (tertiary/aromatic N) is 1. The van der Waals surface area contributed by atoms with Crippen molar-refractivity contribution in [3.05, 3.63) is 0 Å². The fraction of sp³-hybridized carbons (Fsp3) is 0.846. The van der Waals surface area contributed by atoms with Gasteiger partial charge in [0.25, 0.3) is 0 Å². The highest BCUT2D eigenvalue weighted by atomic mass is 16.6. The number of amides is 2. The molecule has 2 amide bonds. The Morgan fingerprint density at radius 3 is 2.74 bits per heavy atom. The van der Waals surface area contributed by atoms with Crippen LogP contribution in [0.5, 0.6) is 0 Å². The van der Waals surface area contributed by atoms with Crippen molar-refractivity contribution in [1.82, 2.24) is 10.2 Å². The number of carbonyl (C=O) groups excluding carboxylic acids is 2. The number of nitrogens with one attached hydrogen (secondary N) is 1. The molecule has 108 valence electrons. The summed E-state index contributed by atoms with van der Waals surface area (Å²) in [6.07, 6.45) is 0.426. The number of hydrogen-bond donors (Lipinski definition) is 1. The number of carbonyl (C=O) groups is 2. The van der Waals surface area contributed by atoms with Crippen LogP contribution >= 0.6 is 0 Å². The molecule has 2 fully saturated rings. The van der Waals surface area contributed by atoms with Crippen molar-refractivity contribution in [3.63, 3.8) is 0 Å². The first-order chi connectivity index (χ1) is 8.98. The van der Waals surface area contributed by atoms with E-state index in [1.54, 1.807) is 18.7 Å². The van der Waals surface area contributed by atoms with Crippen LogP contribution in [0.3, 0.4) is 0 Å². The second-order valence-electron chi connectivity index (χ2n) is 5.38. The highest BCUT2D eigenvalue weighted by Crippen LogP contribution is 2.22. The fourth-order valence-electron chi connectivity index (χ4n) is 2.41. The summed E-state index contributed by atoms with van der Waals surface area (Å²) in [6, 6.07) is -0.461. The molecule has 19 heavy (non-hydrogen) atoms. The fourth-order valence-corrected chi connectivity index (χ4v) is 2.41. The van der Waals surface area contributed by atoms with Crippen LogP contribution in [0.1, 0.15) is 27.2 Å². The maximum atomic E-state index is 12.5. The van der Waals surface area contributed by atoms with Gasteiger partial charge >= 0.3 is 0 Å². The highest BCUT2D eigenvalue weighted by molar-refractivity contribution is 5.99. The highest BCUT2D eigenvalue weighted by Gasteiger charge is 2.45. The first kappa shape index (κ1) is 14.3. The van der Waals surface area contributed by atoms with Gasteiger partial charge in [0.05, 0.1) is 32.5 Å². The molecule has 2 heterocycles. The van der Waals surface area contributed by atoms with Gasteiger partial charge in [-0.1, -0.05) is 6.92 Å². The van der Waals surface area contributed by atoms with Gasteiger partial charge in [-0.2, -0.15) is 0 Å². The Labute approximate surface area is 113 Å². The maximum absolute atomic E-state index is 12.5. The maximum Gasteiger partial charge on any atom is 0.248 e. The molecule has 0 radical (unpaired) electrons. The summed E-state index contributed by atoms with van der Waals surface area (Å²) < 4.78 is 10.9. The summed E-state index contributed by atoms with van der Waals surface area (Å²) >= 11 is 0. The van der Waals surface area contributed by atoms with Crippen molar-refractivity contribution in [1.29, 1.82) is 0 Å². The topological polar surface area (TPSA) is 67.9 Å². The summed E-state index contributed by atoms with van der Waals surface area (Å²) in [5, 5.41) is 2.81. The van der Waals surface area contributed by atoms with Crippen LogP contribution in [-0.2, 0) is 19.1 Å². The third-order valence-electron chi connectivity index (χ3n) is 3.97. The Hall–Kier alpha value is -1.14. The smallest absolute Gasteiger partial charge is 0.248 e. The minimum absolute atomic E-state index is 0.0451.